The highest BCUT2D eigenvalue weighted by Gasteiger charge is 2.14. The smallest absolute Gasteiger partial charge is 0.335 e. The number of ether oxygens (including phenoxy) is 1. The van der Waals surface area contributed by atoms with E-state index in [9.17, 15) is 9.18 Å². The molecule has 17 heavy (non-hydrogen) atoms. The minimum absolute atomic E-state index is 0.120. The summed E-state index contributed by atoms with van der Waals surface area (Å²) in [5.41, 5.74) is 0.543. The van der Waals surface area contributed by atoms with Gasteiger partial charge in [0.2, 0.25) is 0 Å². The van der Waals surface area contributed by atoms with Crippen LogP contribution >= 0.6 is 0 Å². The van der Waals surface area contributed by atoms with Crippen molar-refractivity contribution >= 4 is 5.97 Å². The highest BCUT2D eigenvalue weighted by atomic mass is 19.1. The minimum Gasteiger partial charge on any atom is -0.478 e. The third-order valence-corrected chi connectivity index (χ3v) is 2.79. The van der Waals surface area contributed by atoms with Crippen molar-refractivity contribution < 1.29 is 19.0 Å². The Kier molecular flexibility index (Phi) is 3.71. The summed E-state index contributed by atoms with van der Waals surface area (Å²) in [5, 5.41) is 8.85. The van der Waals surface area contributed by atoms with Gasteiger partial charge >= 0.3 is 5.97 Å². The van der Waals surface area contributed by atoms with Crippen LogP contribution < -0.4 is 0 Å². The number of morpholine rings is 1. The summed E-state index contributed by atoms with van der Waals surface area (Å²) in [4.78, 5) is 12.8. The van der Waals surface area contributed by atoms with Crippen LogP contribution in [-0.2, 0) is 11.3 Å². The second-order valence-corrected chi connectivity index (χ2v) is 4.00. The van der Waals surface area contributed by atoms with Crippen molar-refractivity contribution in [2.24, 2.45) is 0 Å². The van der Waals surface area contributed by atoms with Crippen molar-refractivity contribution in [3.8, 4) is 0 Å². The third kappa shape index (κ3) is 3.01. The predicted molar refractivity (Wildman–Crippen MR) is 59.5 cm³/mol. The van der Waals surface area contributed by atoms with Crippen molar-refractivity contribution in [1.82, 2.24) is 4.90 Å². The predicted octanol–water partition coefficient (Wildman–Crippen LogP) is 1.36. The lowest BCUT2D eigenvalue weighted by Gasteiger charge is -2.26. The minimum atomic E-state index is -1.03. The van der Waals surface area contributed by atoms with Crippen LogP contribution in [0.2, 0.25) is 0 Å². The summed E-state index contributed by atoms with van der Waals surface area (Å²) < 4.78 is 18.7. The molecule has 0 amide bonds. The number of hydrogen-bond donors (Lipinski definition) is 1. The van der Waals surface area contributed by atoms with Crippen LogP contribution in [0.3, 0.4) is 0 Å². The van der Waals surface area contributed by atoms with Crippen molar-refractivity contribution in [3.05, 3.63) is 35.1 Å². The Labute approximate surface area is 98.6 Å². The number of nitrogens with zero attached hydrogens (tertiary/aromatic N) is 1. The summed E-state index contributed by atoms with van der Waals surface area (Å²) in [5.74, 6) is -1.39. The molecule has 0 aromatic heterocycles. The van der Waals surface area contributed by atoms with Crippen molar-refractivity contribution in [2.45, 2.75) is 6.54 Å². The molecule has 92 valence electrons. The van der Waals surface area contributed by atoms with E-state index in [0.29, 0.717) is 25.3 Å². The molecule has 0 saturated carbocycles. The van der Waals surface area contributed by atoms with Crippen LogP contribution in [0.1, 0.15) is 15.9 Å². The lowest BCUT2D eigenvalue weighted by Crippen LogP contribution is -2.35. The Morgan fingerprint density at radius 3 is 2.76 bits per heavy atom. The number of aromatic carboxylic acids is 1. The van der Waals surface area contributed by atoms with E-state index in [-0.39, 0.29) is 11.4 Å². The van der Waals surface area contributed by atoms with Crippen molar-refractivity contribution in [1.29, 1.82) is 0 Å². The fourth-order valence-corrected chi connectivity index (χ4v) is 1.83. The molecule has 0 spiro atoms. The maximum Gasteiger partial charge on any atom is 0.335 e. The number of carbonyl (C=O) groups is 1. The van der Waals surface area contributed by atoms with Gasteiger partial charge in [-0.25, -0.2) is 9.18 Å². The SMILES string of the molecule is O=C(O)c1ccc(F)c(CN2CCOCC2)c1. The zero-order valence-corrected chi connectivity index (χ0v) is 9.36. The van der Waals surface area contributed by atoms with Gasteiger partial charge in [0.25, 0.3) is 0 Å². The van der Waals surface area contributed by atoms with Crippen LogP contribution in [0, 0.1) is 5.82 Å². The third-order valence-electron chi connectivity index (χ3n) is 2.79. The molecule has 0 bridgehead atoms. The van der Waals surface area contributed by atoms with Gasteiger partial charge in [0.05, 0.1) is 18.8 Å². The molecule has 1 heterocycles. The van der Waals surface area contributed by atoms with Gasteiger partial charge in [0.15, 0.2) is 0 Å². The van der Waals surface area contributed by atoms with E-state index in [2.05, 4.69) is 0 Å². The molecule has 1 N–H and O–H groups in total. The molecule has 0 aliphatic carbocycles. The number of benzene rings is 1. The lowest BCUT2D eigenvalue weighted by atomic mass is 10.1. The van der Waals surface area contributed by atoms with Crippen molar-refractivity contribution in [3.63, 3.8) is 0 Å². The molecule has 1 aliphatic heterocycles. The summed E-state index contributed by atoms with van der Waals surface area (Å²) in [7, 11) is 0. The average Bonchev–Trinajstić information content (AvgIpc) is 2.33. The first kappa shape index (κ1) is 12.0. The standard InChI is InChI=1S/C12H14FNO3/c13-11-2-1-9(12(15)16)7-10(11)8-14-3-5-17-6-4-14/h1-2,7H,3-6,8H2,(H,15,16). The molecule has 0 atom stereocenters. The Morgan fingerprint density at radius 1 is 1.41 bits per heavy atom. The van der Waals surface area contributed by atoms with Crippen LogP contribution in [0.5, 0.6) is 0 Å². The number of halogens is 1. The van der Waals surface area contributed by atoms with Crippen LogP contribution in [0.25, 0.3) is 0 Å². The molecular formula is C12H14FNO3. The second-order valence-electron chi connectivity index (χ2n) is 4.00. The maximum atomic E-state index is 13.5. The molecule has 1 aromatic rings. The summed E-state index contributed by atoms with van der Waals surface area (Å²) in [6.45, 7) is 3.20. The maximum absolute atomic E-state index is 13.5. The summed E-state index contributed by atoms with van der Waals surface area (Å²) in [6, 6.07) is 3.88. The molecule has 0 unspecified atom stereocenters. The topological polar surface area (TPSA) is 49.8 Å². The molecule has 5 heteroatoms. The van der Waals surface area contributed by atoms with Gasteiger partial charge in [-0.1, -0.05) is 0 Å². The summed E-state index contributed by atoms with van der Waals surface area (Å²) in [6.07, 6.45) is 0. The number of carboxylic acids is 1. The Hall–Kier alpha value is -1.46. The molecule has 2 rings (SSSR count). The summed E-state index contributed by atoms with van der Waals surface area (Å²) >= 11 is 0. The van der Waals surface area contributed by atoms with E-state index in [4.69, 9.17) is 9.84 Å². The Balaban J connectivity index is 2.13. The van der Waals surface area contributed by atoms with Crippen LogP contribution in [0.4, 0.5) is 4.39 Å². The van der Waals surface area contributed by atoms with E-state index in [1.807, 2.05) is 4.90 Å². The highest BCUT2D eigenvalue weighted by molar-refractivity contribution is 5.87. The Morgan fingerprint density at radius 2 is 2.12 bits per heavy atom. The number of carboxylic acid groups (broad SMARTS) is 1. The van der Waals surface area contributed by atoms with Crippen LogP contribution in [-0.4, -0.2) is 42.3 Å². The first-order chi connectivity index (χ1) is 8.16. The zero-order chi connectivity index (χ0) is 12.3. The normalized spacial score (nSPS) is 17.0. The second kappa shape index (κ2) is 5.25. The average molecular weight is 239 g/mol. The molecule has 1 fully saturated rings. The van der Waals surface area contributed by atoms with Crippen molar-refractivity contribution in [2.75, 3.05) is 26.3 Å². The van der Waals surface area contributed by atoms with E-state index < -0.39 is 5.97 Å². The van der Waals surface area contributed by atoms with Gasteiger partial charge in [-0.15, -0.1) is 0 Å². The Bertz CT molecular complexity index is 416. The molecule has 1 saturated heterocycles. The molecular weight excluding hydrogens is 225 g/mol. The largest absolute Gasteiger partial charge is 0.478 e. The van der Waals surface area contributed by atoms with E-state index in [0.717, 1.165) is 13.1 Å². The quantitative estimate of drug-likeness (QED) is 0.865. The molecule has 4 nitrogen and oxygen atoms in total. The highest BCUT2D eigenvalue weighted by Crippen LogP contribution is 2.14. The number of hydrogen-bond acceptors (Lipinski definition) is 3. The first-order valence-corrected chi connectivity index (χ1v) is 5.48. The lowest BCUT2D eigenvalue weighted by molar-refractivity contribution is 0.0337. The molecule has 1 aliphatic rings. The van der Waals surface area contributed by atoms with Gasteiger partial charge in [-0.05, 0) is 18.2 Å². The van der Waals surface area contributed by atoms with E-state index in [1.165, 1.54) is 18.2 Å². The van der Waals surface area contributed by atoms with Crippen LogP contribution in [0.15, 0.2) is 18.2 Å². The molecule has 1 aromatic carbocycles. The van der Waals surface area contributed by atoms with Gasteiger partial charge < -0.3 is 9.84 Å². The van der Waals surface area contributed by atoms with Gasteiger partial charge in [-0.3, -0.25) is 4.90 Å². The van der Waals surface area contributed by atoms with Gasteiger partial charge in [-0.2, -0.15) is 0 Å². The number of rotatable bonds is 3. The van der Waals surface area contributed by atoms with Gasteiger partial charge in [0, 0.05) is 25.2 Å². The fourth-order valence-electron chi connectivity index (χ4n) is 1.83. The first-order valence-electron chi connectivity index (χ1n) is 5.48. The van der Waals surface area contributed by atoms with E-state index >= 15 is 0 Å². The zero-order valence-electron chi connectivity index (χ0n) is 9.36. The van der Waals surface area contributed by atoms with E-state index in [1.54, 1.807) is 0 Å². The van der Waals surface area contributed by atoms with Gasteiger partial charge in [0.1, 0.15) is 5.82 Å². The molecule has 0 radical (unpaired) electrons. The fraction of sp³-hybridized carbons (Fsp3) is 0.417. The monoisotopic (exact) mass is 239 g/mol.